The number of para-hydroxylation sites is 1. The van der Waals surface area contributed by atoms with E-state index in [1.807, 2.05) is 6.07 Å². The van der Waals surface area contributed by atoms with E-state index in [2.05, 4.69) is 10.3 Å². The Kier molecular flexibility index (Phi) is 4.81. The van der Waals surface area contributed by atoms with Gasteiger partial charge in [0.15, 0.2) is 0 Å². The Morgan fingerprint density at radius 2 is 1.72 bits per heavy atom. The van der Waals surface area contributed by atoms with Gasteiger partial charge in [0.1, 0.15) is 5.56 Å². The van der Waals surface area contributed by atoms with Crippen LogP contribution in [0.4, 0.5) is 5.69 Å². The van der Waals surface area contributed by atoms with Gasteiger partial charge in [0.25, 0.3) is 11.5 Å². The molecule has 3 aromatic rings. The second-order valence-electron chi connectivity index (χ2n) is 5.35. The summed E-state index contributed by atoms with van der Waals surface area (Å²) in [6, 6.07) is 15.5. The second-order valence-corrected chi connectivity index (χ2v) is 5.78. The number of hydrogen-bond donors (Lipinski definition) is 2. The Morgan fingerprint density at radius 3 is 2.40 bits per heavy atom. The molecule has 2 N–H and O–H groups in total. The average Bonchev–Trinajstić information content (AvgIpc) is 2.61. The highest BCUT2D eigenvalue weighted by molar-refractivity contribution is 6.30. The molecule has 25 heavy (non-hydrogen) atoms. The average molecular weight is 356 g/mol. The molecule has 0 saturated heterocycles. The van der Waals surface area contributed by atoms with Crippen LogP contribution in [0.2, 0.25) is 5.02 Å². The highest BCUT2D eigenvalue weighted by Crippen LogP contribution is 2.10. The number of amides is 1. The number of hydrogen-bond acceptors (Lipinski definition) is 3. The Labute approximate surface area is 147 Å². The number of rotatable bonds is 4. The Bertz CT molecular complexity index is 1010. The number of aromatic nitrogens is 2. The number of nitrogens with one attached hydrogen (secondary N) is 2. The molecule has 0 fully saturated rings. The minimum atomic E-state index is -0.660. The maximum atomic E-state index is 12.5. The van der Waals surface area contributed by atoms with E-state index in [1.54, 1.807) is 48.5 Å². The van der Waals surface area contributed by atoms with Gasteiger partial charge in [-0.2, -0.15) is 0 Å². The van der Waals surface area contributed by atoms with Gasteiger partial charge in [0.2, 0.25) is 0 Å². The van der Waals surface area contributed by atoms with E-state index in [1.165, 1.54) is 0 Å². The largest absolute Gasteiger partial charge is 0.328 e. The number of benzene rings is 2. The van der Waals surface area contributed by atoms with Crippen molar-refractivity contribution in [2.75, 3.05) is 5.32 Å². The zero-order valence-corrected chi connectivity index (χ0v) is 13.8. The first kappa shape index (κ1) is 16.7. The number of halogens is 1. The maximum absolute atomic E-state index is 12.5. The molecule has 126 valence electrons. The van der Waals surface area contributed by atoms with Gasteiger partial charge in [-0.3, -0.25) is 14.2 Å². The lowest BCUT2D eigenvalue weighted by Crippen LogP contribution is -2.39. The van der Waals surface area contributed by atoms with E-state index in [4.69, 9.17) is 11.6 Å². The molecular formula is C18H14ClN3O3. The van der Waals surface area contributed by atoms with Gasteiger partial charge in [0, 0.05) is 16.9 Å². The lowest BCUT2D eigenvalue weighted by atomic mass is 10.2. The molecule has 0 unspecified atom stereocenters. The number of carbonyl (C=O) groups is 1. The zero-order valence-electron chi connectivity index (χ0n) is 13.0. The monoisotopic (exact) mass is 355 g/mol. The number of aromatic amines is 1. The van der Waals surface area contributed by atoms with Gasteiger partial charge in [-0.1, -0.05) is 41.9 Å². The summed E-state index contributed by atoms with van der Waals surface area (Å²) in [4.78, 5) is 39.3. The summed E-state index contributed by atoms with van der Waals surface area (Å²) in [6.45, 7) is 0.0395. The smallest absolute Gasteiger partial charge is 0.322 e. The van der Waals surface area contributed by atoms with E-state index in [0.29, 0.717) is 10.7 Å². The number of H-pyrrole nitrogens is 1. The van der Waals surface area contributed by atoms with Gasteiger partial charge in [0.05, 0.1) is 6.54 Å². The number of anilines is 1. The van der Waals surface area contributed by atoms with Crippen LogP contribution in [-0.4, -0.2) is 15.5 Å². The van der Waals surface area contributed by atoms with Crippen LogP contribution in [0.25, 0.3) is 0 Å². The fraction of sp³-hybridized carbons (Fsp3) is 0.0556. The minimum Gasteiger partial charge on any atom is -0.322 e. The van der Waals surface area contributed by atoms with Crippen molar-refractivity contribution in [3.8, 4) is 0 Å². The molecule has 2 aromatic carbocycles. The van der Waals surface area contributed by atoms with Crippen LogP contribution < -0.4 is 16.6 Å². The maximum Gasteiger partial charge on any atom is 0.328 e. The van der Waals surface area contributed by atoms with E-state index in [-0.39, 0.29) is 12.1 Å². The first-order valence-electron chi connectivity index (χ1n) is 7.48. The normalized spacial score (nSPS) is 10.4. The fourth-order valence-corrected chi connectivity index (χ4v) is 2.44. The molecule has 3 rings (SSSR count). The van der Waals surface area contributed by atoms with Crippen LogP contribution in [0.1, 0.15) is 15.9 Å². The van der Waals surface area contributed by atoms with Crippen molar-refractivity contribution in [1.29, 1.82) is 0 Å². The third-order valence-corrected chi connectivity index (χ3v) is 3.84. The van der Waals surface area contributed by atoms with E-state index in [9.17, 15) is 14.4 Å². The first-order chi connectivity index (χ1) is 12.0. The van der Waals surface area contributed by atoms with Crippen LogP contribution >= 0.6 is 11.6 Å². The summed E-state index contributed by atoms with van der Waals surface area (Å²) in [7, 11) is 0. The molecule has 0 aliphatic rings. The molecule has 0 atom stereocenters. The van der Waals surface area contributed by atoms with Crippen molar-refractivity contribution >= 4 is 23.2 Å². The summed E-state index contributed by atoms with van der Waals surface area (Å²) in [6.07, 6.45) is 1.13. The van der Waals surface area contributed by atoms with Gasteiger partial charge >= 0.3 is 5.69 Å². The van der Waals surface area contributed by atoms with Crippen LogP contribution in [0.3, 0.4) is 0 Å². The van der Waals surface area contributed by atoms with E-state index in [0.717, 1.165) is 16.3 Å². The van der Waals surface area contributed by atoms with Gasteiger partial charge in [-0.25, -0.2) is 4.79 Å². The number of carbonyl (C=O) groups excluding carboxylic acids is 1. The molecule has 1 aromatic heterocycles. The third kappa shape index (κ3) is 3.87. The van der Waals surface area contributed by atoms with Crippen molar-refractivity contribution in [1.82, 2.24) is 9.55 Å². The summed E-state index contributed by atoms with van der Waals surface area (Å²) in [5.41, 5.74) is -0.110. The predicted octanol–water partition coefficient (Wildman–Crippen LogP) is 2.49. The Hall–Kier alpha value is -3.12. The minimum absolute atomic E-state index is 0.0395. The molecule has 0 aliphatic heterocycles. The zero-order chi connectivity index (χ0) is 17.8. The molecule has 0 aliphatic carbocycles. The van der Waals surface area contributed by atoms with Crippen LogP contribution in [0.15, 0.2) is 70.4 Å². The molecule has 6 nitrogen and oxygen atoms in total. The van der Waals surface area contributed by atoms with Crippen molar-refractivity contribution < 1.29 is 4.79 Å². The Morgan fingerprint density at radius 1 is 1.04 bits per heavy atom. The summed E-state index contributed by atoms with van der Waals surface area (Å²) < 4.78 is 0.975. The lowest BCUT2D eigenvalue weighted by molar-refractivity contribution is 0.102. The summed E-state index contributed by atoms with van der Waals surface area (Å²) in [5.74, 6) is -0.586. The molecule has 0 saturated carbocycles. The van der Waals surface area contributed by atoms with Gasteiger partial charge in [-0.05, 0) is 29.8 Å². The second kappa shape index (κ2) is 7.19. The molecule has 0 spiro atoms. The SMILES string of the molecule is O=C(Nc1ccccc1)c1c[nH]c(=O)n(Cc2ccc(Cl)cc2)c1=O. The number of nitrogens with zero attached hydrogens (tertiary/aromatic N) is 1. The van der Waals surface area contributed by atoms with Crippen LogP contribution in [-0.2, 0) is 6.54 Å². The van der Waals surface area contributed by atoms with Crippen molar-refractivity contribution in [2.24, 2.45) is 0 Å². The molecule has 1 amide bonds. The van der Waals surface area contributed by atoms with Gasteiger partial charge in [-0.15, -0.1) is 0 Å². The van der Waals surface area contributed by atoms with Crippen LogP contribution in [0, 0.1) is 0 Å². The topological polar surface area (TPSA) is 84.0 Å². The predicted molar refractivity (Wildman–Crippen MR) is 96.3 cm³/mol. The third-order valence-electron chi connectivity index (χ3n) is 3.59. The molecule has 7 heteroatoms. The summed E-state index contributed by atoms with van der Waals surface area (Å²) in [5, 5.41) is 3.18. The first-order valence-corrected chi connectivity index (χ1v) is 7.86. The highest BCUT2D eigenvalue weighted by Gasteiger charge is 2.15. The lowest BCUT2D eigenvalue weighted by Gasteiger charge is -2.08. The van der Waals surface area contributed by atoms with Crippen molar-refractivity contribution in [3.63, 3.8) is 0 Å². The molecule has 1 heterocycles. The van der Waals surface area contributed by atoms with E-state index >= 15 is 0 Å². The standard InChI is InChI=1S/C18H14ClN3O3/c19-13-8-6-12(7-9-13)11-22-17(24)15(10-20-18(22)25)16(23)21-14-4-2-1-3-5-14/h1-10H,11H2,(H,20,25)(H,21,23). The Balaban J connectivity index is 1.92. The fourth-order valence-electron chi connectivity index (χ4n) is 2.31. The van der Waals surface area contributed by atoms with Crippen molar-refractivity contribution in [3.05, 3.63) is 97.8 Å². The quantitative estimate of drug-likeness (QED) is 0.754. The molecular weight excluding hydrogens is 342 g/mol. The summed E-state index contributed by atoms with van der Waals surface area (Å²) >= 11 is 5.83. The van der Waals surface area contributed by atoms with Crippen molar-refractivity contribution in [2.45, 2.75) is 6.54 Å². The molecule has 0 radical (unpaired) electrons. The van der Waals surface area contributed by atoms with Crippen LogP contribution in [0.5, 0.6) is 0 Å². The van der Waals surface area contributed by atoms with E-state index < -0.39 is 17.2 Å². The molecule has 0 bridgehead atoms. The highest BCUT2D eigenvalue weighted by atomic mass is 35.5. The van der Waals surface area contributed by atoms with Gasteiger partial charge < -0.3 is 10.3 Å².